The van der Waals surface area contributed by atoms with Gasteiger partial charge in [0.1, 0.15) is 0 Å². The van der Waals surface area contributed by atoms with E-state index in [0.717, 1.165) is 23.6 Å². The van der Waals surface area contributed by atoms with Crippen LogP contribution in [0.3, 0.4) is 0 Å². The molecule has 144 valence electrons. The van der Waals surface area contributed by atoms with Crippen LogP contribution < -0.4 is 10.6 Å². The van der Waals surface area contributed by atoms with Gasteiger partial charge >= 0.3 is 0 Å². The van der Waals surface area contributed by atoms with E-state index in [1.165, 1.54) is 25.0 Å². The van der Waals surface area contributed by atoms with Crippen molar-refractivity contribution in [2.24, 2.45) is 4.99 Å². The van der Waals surface area contributed by atoms with Gasteiger partial charge in [0, 0.05) is 30.2 Å². The Morgan fingerprint density at radius 2 is 2.16 bits per heavy atom. The van der Waals surface area contributed by atoms with Crippen molar-refractivity contribution in [1.82, 2.24) is 20.8 Å². The molecule has 6 nitrogen and oxygen atoms in total. The fraction of sp³-hybridized carbons (Fsp3) is 0.824. The Morgan fingerprint density at radius 1 is 1.36 bits per heavy atom. The zero-order valence-corrected chi connectivity index (χ0v) is 18.9. The van der Waals surface area contributed by atoms with Crippen LogP contribution in [0.2, 0.25) is 0 Å². The number of aromatic nitrogens is 2. The molecule has 2 rings (SSSR count). The summed E-state index contributed by atoms with van der Waals surface area (Å²) in [4.78, 5) is 9.05. The van der Waals surface area contributed by atoms with Crippen LogP contribution in [-0.2, 0) is 6.42 Å². The van der Waals surface area contributed by atoms with E-state index in [1.54, 1.807) is 0 Å². The molecule has 1 aliphatic carbocycles. The number of hydrogen-bond acceptors (Lipinski definition) is 5. The van der Waals surface area contributed by atoms with Crippen molar-refractivity contribution in [3.63, 3.8) is 0 Å². The highest BCUT2D eigenvalue weighted by Gasteiger charge is 2.25. The molecule has 8 heteroatoms. The third-order valence-electron chi connectivity index (χ3n) is 4.07. The maximum Gasteiger partial charge on any atom is 0.228 e. The van der Waals surface area contributed by atoms with Gasteiger partial charge in [0.15, 0.2) is 11.8 Å². The molecule has 0 spiro atoms. The summed E-state index contributed by atoms with van der Waals surface area (Å²) >= 11 is 2.07. The number of thioether (sulfide) groups is 1. The average Bonchev–Trinajstić information content (AvgIpc) is 3.17. The number of nitrogens with zero attached hydrogens (tertiary/aromatic N) is 3. The van der Waals surface area contributed by atoms with Gasteiger partial charge < -0.3 is 15.2 Å². The standard InChI is InChI=1S/C17H31N5OS.HI/c1-5-18-17(20-13-7-8-14(11-13)24-6-2)19-10-9-15-21-16(12(3)4)22-23-15;/h12-14H,5-11H2,1-4H3,(H2,18,19,20);1H. The van der Waals surface area contributed by atoms with Gasteiger partial charge in [-0.05, 0) is 31.9 Å². The summed E-state index contributed by atoms with van der Waals surface area (Å²) in [6, 6.07) is 0.530. The van der Waals surface area contributed by atoms with Gasteiger partial charge in [-0.15, -0.1) is 24.0 Å². The third kappa shape index (κ3) is 7.72. The summed E-state index contributed by atoms with van der Waals surface area (Å²) in [5.41, 5.74) is 0. The summed E-state index contributed by atoms with van der Waals surface area (Å²) in [6.45, 7) is 9.96. The van der Waals surface area contributed by atoms with Crippen molar-refractivity contribution in [3.8, 4) is 0 Å². The Morgan fingerprint density at radius 3 is 2.80 bits per heavy atom. The van der Waals surface area contributed by atoms with E-state index < -0.39 is 0 Å². The highest BCUT2D eigenvalue weighted by Crippen LogP contribution is 2.29. The lowest BCUT2D eigenvalue weighted by molar-refractivity contribution is 0.372. The van der Waals surface area contributed by atoms with Crippen LogP contribution in [0.1, 0.15) is 64.6 Å². The third-order valence-corrected chi connectivity index (χ3v) is 5.30. The Balaban J connectivity index is 0.00000312. The predicted molar refractivity (Wildman–Crippen MR) is 116 cm³/mol. The van der Waals surface area contributed by atoms with Gasteiger partial charge in [0.25, 0.3) is 0 Å². The maximum atomic E-state index is 5.27. The summed E-state index contributed by atoms with van der Waals surface area (Å²) < 4.78 is 5.27. The van der Waals surface area contributed by atoms with Crippen molar-refractivity contribution < 1.29 is 4.52 Å². The molecule has 0 bridgehead atoms. The van der Waals surface area contributed by atoms with Gasteiger partial charge in [-0.1, -0.05) is 25.9 Å². The van der Waals surface area contributed by atoms with Crippen molar-refractivity contribution >= 4 is 41.7 Å². The summed E-state index contributed by atoms with van der Waals surface area (Å²) in [6.07, 6.45) is 4.43. The molecule has 1 aromatic heterocycles. The zero-order chi connectivity index (χ0) is 17.4. The smallest absolute Gasteiger partial charge is 0.228 e. The molecule has 25 heavy (non-hydrogen) atoms. The Bertz CT molecular complexity index is 523. The molecular formula is C17H32IN5OS. The number of rotatable bonds is 8. The van der Waals surface area contributed by atoms with Gasteiger partial charge in [-0.2, -0.15) is 16.7 Å². The van der Waals surface area contributed by atoms with E-state index in [0.29, 0.717) is 30.8 Å². The topological polar surface area (TPSA) is 75.3 Å². The Hall–Kier alpha value is -0.510. The molecule has 1 fully saturated rings. The number of halogens is 1. The summed E-state index contributed by atoms with van der Waals surface area (Å²) in [5, 5.41) is 11.7. The second kappa shape index (κ2) is 12.0. The minimum absolute atomic E-state index is 0. The molecule has 0 saturated heterocycles. The predicted octanol–water partition coefficient (Wildman–Crippen LogP) is 3.58. The van der Waals surface area contributed by atoms with Crippen molar-refractivity contribution in [1.29, 1.82) is 0 Å². The number of nitrogens with one attached hydrogen (secondary N) is 2. The highest BCUT2D eigenvalue weighted by atomic mass is 127. The van der Waals surface area contributed by atoms with E-state index in [9.17, 15) is 0 Å². The zero-order valence-electron chi connectivity index (χ0n) is 15.7. The molecule has 0 radical (unpaired) electrons. The molecule has 0 aliphatic heterocycles. The quantitative estimate of drug-likeness (QED) is 0.336. The van der Waals surface area contributed by atoms with Crippen molar-refractivity contribution in [2.45, 2.75) is 70.6 Å². The first-order valence-corrected chi connectivity index (χ1v) is 10.2. The Kier molecular flexibility index (Phi) is 10.8. The first-order valence-electron chi connectivity index (χ1n) is 9.11. The lowest BCUT2D eigenvalue weighted by Crippen LogP contribution is -2.42. The molecular weight excluding hydrogens is 449 g/mol. The van der Waals surface area contributed by atoms with Crippen LogP contribution in [0, 0.1) is 0 Å². The molecule has 1 aliphatic rings. The SMILES string of the molecule is CCNC(=NCCc1nc(C(C)C)no1)NC1CCC(SCC)C1.I. The number of aliphatic imine (C=N–C) groups is 1. The molecule has 2 atom stereocenters. The van der Waals surface area contributed by atoms with Crippen LogP contribution in [0.5, 0.6) is 0 Å². The van der Waals surface area contributed by atoms with Crippen molar-refractivity contribution in [2.75, 3.05) is 18.8 Å². The van der Waals surface area contributed by atoms with Gasteiger partial charge in [0.05, 0.1) is 6.54 Å². The number of guanidine groups is 1. The van der Waals surface area contributed by atoms with E-state index >= 15 is 0 Å². The first kappa shape index (κ1) is 22.5. The van der Waals surface area contributed by atoms with Crippen LogP contribution in [0.4, 0.5) is 0 Å². The molecule has 1 aromatic rings. The van der Waals surface area contributed by atoms with Crippen LogP contribution in [0.25, 0.3) is 0 Å². The van der Waals surface area contributed by atoms with Gasteiger partial charge in [0.2, 0.25) is 5.89 Å². The maximum absolute atomic E-state index is 5.27. The minimum Gasteiger partial charge on any atom is -0.357 e. The number of hydrogen-bond donors (Lipinski definition) is 2. The molecule has 2 unspecified atom stereocenters. The average molecular weight is 481 g/mol. The lowest BCUT2D eigenvalue weighted by Gasteiger charge is -2.17. The highest BCUT2D eigenvalue weighted by molar-refractivity contribution is 14.0. The van der Waals surface area contributed by atoms with Gasteiger partial charge in [-0.3, -0.25) is 4.99 Å². The summed E-state index contributed by atoms with van der Waals surface area (Å²) in [7, 11) is 0. The normalized spacial score (nSPS) is 20.6. The second-order valence-corrected chi connectivity index (χ2v) is 8.02. The molecule has 1 saturated carbocycles. The largest absolute Gasteiger partial charge is 0.357 e. The van der Waals surface area contributed by atoms with Crippen LogP contribution >= 0.6 is 35.7 Å². The van der Waals surface area contributed by atoms with E-state index in [4.69, 9.17) is 4.52 Å². The lowest BCUT2D eigenvalue weighted by atomic mass is 10.2. The summed E-state index contributed by atoms with van der Waals surface area (Å²) in [5.74, 6) is 3.83. The molecule has 1 heterocycles. The molecule has 0 amide bonds. The van der Waals surface area contributed by atoms with Crippen LogP contribution in [0.15, 0.2) is 9.52 Å². The second-order valence-electron chi connectivity index (χ2n) is 6.44. The van der Waals surface area contributed by atoms with Crippen molar-refractivity contribution in [3.05, 3.63) is 11.7 Å². The van der Waals surface area contributed by atoms with Crippen LogP contribution in [-0.4, -0.2) is 46.2 Å². The van der Waals surface area contributed by atoms with Gasteiger partial charge in [-0.25, -0.2) is 0 Å². The van der Waals surface area contributed by atoms with E-state index in [-0.39, 0.29) is 24.0 Å². The molecule has 0 aromatic carbocycles. The monoisotopic (exact) mass is 481 g/mol. The fourth-order valence-corrected chi connectivity index (χ4v) is 3.98. The molecule has 2 N–H and O–H groups in total. The van der Waals surface area contributed by atoms with E-state index in [1.807, 2.05) is 0 Å². The fourth-order valence-electron chi connectivity index (χ4n) is 2.84. The minimum atomic E-state index is 0. The Labute approximate surface area is 172 Å². The van der Waals surface area contributed by atoms with E-state index in [2.05, 4.69) is 65.2 Å². The first-order chi connectivity index (χ1) is 11.6.